The second-order valence-electron chi connectivity index (χ2n) is 4.21. The van der Waals surface area contributed by atoms with Crippen LogP contribution in [-0.4, -0.2) is 33.4 Å². The monoisotopic (exact) mass is 211 g/mol. The van der Waals surface area contributed by atoms with E-state index in [0.29, 0.717) is 24.5 Å². The number of hydrogen-bond donors (Lipinski definition) is 2. The summed E-state index contributed by atoms with van der Waals surface area (Å²) in [6, 6.07) is -0.796. The first-order valence-electron chi connectivity index (χ1n) is 4.89. The van der Waals surface area contributed by atoms with Crippen LogP contribution < -0.4 is 5.73 Å². The second-order valence-corrected chi connectivity index (χ2v) is 4.21. The topological polar surface area (TPSA) is 96.0 Å². The molecule has 1 heterocycles. The van der Waals surface area contributed by atoms with E-state index in [0.717, 1.165) is 11.4 Å². The number of amides is 2. The maximum Gasteiger partial charge on any atom is 0.337 e. The van der Waals surface area contributed by atoms with Gasteiger partial charge in [-0.25, -0.2) is 9.59 Å². The van der Waals surface area contributed by atoms with E-state index in [4.69, 9.17) is 5.73 Å². The summed E-state index contributed by atoms with van der Waals surface area (Å²) in [6.45, 7) is 2.04. The molecule has 82 valence electrons. The lowest BCUT2D eigenvalue weighted by molar-refractivity contribution is -0.148. The van der Waals surface area contributed by atoms with Crippen LogP contribution in [-0.2, 0) is 4.79 Å². The van der Waals surface area contributed by atoms with Crippen molar-refractivity contribution in [3.8, 4) is 0 Å². The van der Waals surface area contributed by atoms with Gasteiger partial charge in [-0.2, -0.15) is 10.1 Å². The Bertz CT molecular complexity index is 366. The van der Waals surface area contributed by atoms with Crippen molar-refractivity contribution in [2.45, 2.75) is 31.7 Å². The molecule has 6 heteroatoms. The molecule has 0 bridgehead atoms. The zero-order valence-electron chi connectivity index (χ0n) is 8.43. The minimum Gasteiger partial charge on any atom is -0.479 e. The van der Waals surface area contributed by atoms with Crippen molar-refractivity contribution >= 4 is 17.7 Å². The van der Waals surface area contributed by atoms with Gasteiger partial charge in [0.25, 0.3) is 0 Å². The van der Waals surface area contributed by atoms with Gasteiger partial charge in [-0.3, -0.25) is 0 Å². The summed E-state index contributed by atoms with van der Waals surface area (Å²) >= 11 is 0. The maximum absolute atomic E-state index is 11.2. The van der Waals surface area contributed by atoms with Gasteiger partial charge in [-0.15, -0.1) is 0 Å². The van der Waals surface area contributed by atoms with Gasteiger partial charge in [-0.05, 0) is 25.2 Å². The third-order valence-electron chi connectivity index (χ3n) is 3.16. The predicted molar refractivity (Wildman–Crippen MR) is 52.2 cm³/mol. The third-order valence-corrected chi connectivity index (χ3v) is 3.16. The van der Waals surface area contributed by atoms with Crippen LogP contribution in [0.15, 0.2) is 5.10 Å². The molecule has 1 fully saturated rings. The molecule has 0 radical (unpaired) electrons. The molecule has 2 atom stereocenters. The number of carboxylic acids is 1. The SMILES string of the molecule is C[C@@H]1CC[C@@]2(C(=O)O)C(=NN2C(N)=O)C1. The van der Waals surface area contributed by atoms with Crippen molar-refractivity contribution in [2.75, 3.05) is 0 Å². The molecule has 0 unspecified atom stereocenters. The molecular formula is C9H13N3O3. The van der Waals surface area contributed by atoms with E-state index < -0.39 is 17.5 Å². The van der Waals surface area contributed by atoms with Crippen LogP contribution in [0.25, 0.3) is 0 Å². The van der Waals surface area contributed by atoms with E-state index in [-0.39, 0.29) is 0 Å². The second kappa shape index (κ2) is 2.95. The van der Waals surface area contributed by atoms with Crippen molar-refractivity contribution in [3.05, 3.63) is 0 Å². The molecule has 2 amide bonds. The molecular weight excluding hydrogens is 198 g/mol. The fraction of sp³-hybridized carbons (Fsp3) is 0.667. The lowest BCUT2D eigenvalue weighted by atomic mass is 9.73. The number of carbonyl (C=O) groups is 2. The highest BCUT2D eigenvalue weighted by atomic mass is 16.4. The lowest BCUT2D eigenvalue weighted by Crippen LogP contribution is -2.69. The number of urea groups is 1. The standard InChI is InChI=1S/C9H13N3O3/c1-5-2-3-9(7(13)14)6(4-5)11-12(9)8(10)15/h5H,2-4H2,1H3,(H2,10,15)(H,13,14)/t5-,9+/m1/s1. The van der Waals surface area contributed by atoms with Crippen molar-refractivity contribution < 1.29 is 14.7 Å². The van der Waals surface area contributed by atoms with Crippen LogP contribution in [0.4, 0.5) is 4.79 Å². The van der Waals surface area contributed by atoms with Crippen molar-refractivity contribution in [2.24, 2.45) is 16.8 Å². The Labute approximate surface area is 86.7 Å². The van der Waals surface area contributed by atoms with E-state index in [9.17, 15) is 14.7 Å². The van der Waals surface area contributed by atoms with Crippen molar-refractivity contribution in [1.29, 1.82) is 0 Å². The summed E-state index contributed by atoms with van der Waals surface area (Å²) in [5, 5.41) is 14.0. The smallest absolute Gasteiger partial charge is 0.337 e. The number of carboxylic acid groups (broad SMARTS) is 1. The van der Waals surface area contributed by atoms with Gasteiger partial charge in [0, 0.05) is 0 Å². The van der Waals surface area contributed by atoms with Gasteiger partial charge in [0.15, 0.2) is 0 Å². The Morgan fingerprint density at radius 2 is 2.33 bits per heavy atom. The Morgan fingerprint density at radius 1 is 1.67 bits per heavy atom. The van der Waals surface area contributed by atoms with E-state index in [2.05, 4.69) is 5.10 Å². The fourth-order valence-corrected chi connectivity index (χ4v) is 2.27. The maximum atomic E-state index is 11.2. The molecule has 0 spiro atoms. The zero-order chi connectivity index (χ0) is 11.2. The highest BCUT2D eigenvalue weighted by Crippen LogP contribution is 2.41. The van der Waals surface area contributed by atoms with E-state index in [1.165, 1.54) is 0 Å². The molecule has 6 nitrogen and oxygen atoms in total. The number of nitrogens with zero attached hydrogens (tertiary/aromatic N) is 2. The Balaban J connectivity index is 2.35. The number of fused-ring (bicyclic) bond motifs is 1. The summed E-state index contributed by atoms with van der Waals surface area (Å²) in [4.78, 5) is 22.2. The van der Waals surface area contributed by atoms with E-state index >= 15 is 0 Å². The minimum atomic E-state index is -1.24. The average molecular weight is 211 g/mol. The van der Waals surface area contributed by atoms with E-state index in [1.54, 1.807) is 0 Å². The first-order valence-corrected chi connectivity index (χ1v) is 4.89. The number of rotatable bonds is 1. The summed E-state index contributed by atoms with van der Waals surface area (Å²) in [6.07, 6.45) is 1.82. The first kappa shape index (κ1) is 9.95. The Hall–Kier alpha value is -1.59. The van der Waals surface area contributed by atoms with Crippen molar-refractivity contribution in [3.63, 3.8) is 0 Å². The fourth-order valence-electron chi connectivity index (χ4n) is 2.27. The average Bonchev–Trinajstić information content (AvgIpc) is 2.09. The molecule has 0 aromatic carbocycles. The van der Waals surface area contributed by atoms with Crippen LogP contribution in [0.1, 0.15) is 26.2 Å². The largest absolute Gasteiger partial charge is 0.479 e. The van der Waals surface area contributed by atoms with Crippen LogP contribution in [0.5, 0.6) is 0 Å². The Kier molecular flexibility index (Phi) is 1.95. The van der Waals surface area contributed by atoms with Gasteiger partial charge in [0.05, 0.1) is 5.71 Å². The van der Waals surface area contributed by atoms with Gasteiger partial charge in [-0.1, -0.05) is 6.92 Å². The summed E-state index contributed by atoms with van der Waals surface area (Å²) in [7, 11) is 0. The predicted octanol–water partition coefficient (Wildman–Crippen LogP) is 0.380. The van der Waals surface area contributed by atoms with Gasteiger partial charge in [0.2, 0.25) is 5.54 Å². The molecule has 3 N–H and O–H groups in total. The number of primary amides is 1. The van der Waals surface area contributed by atoms with Crippen LogP contribution in [0.3, 0.4) is 0 Å². The highest BCUT2D eigenvalue weighted by molar-refractivity contribution is 6.16. The van der Waals surface area contributed by atoms with Gasteiger partial charge in [0.1, 0.15) is 0 Å². The van der Waals surface area contributed by atoms with Gasteiger partial charge >= 0.3 is 12.0 Å². The molecule has 0 aromatic heterocycles. The molecule has 1 aliphatic carbocycles. The molecule has 2 aliphatic rings. The molecule has 1 aliphatic heterocycles. The quantitative estimate of drug-likeness (QED) is 0.656. The van der Waals surface area contributed by atoms with Gasteiger partial charge < -0.3 is 10.8 Å². The highest BCUT2D eigenvalue weighted by Gasteiger charge is 2.59. The van der Waals surface area contributed by atoms with E-state index in [1.807, 2.05) is 6.92 Å². The zero-order valence-corrected chi connectivity index (χ0v) is 8.43. The molecule has 1 saturated carbocycles. The molecule has 0 saturated heterocycles. The number of nitrogens with two attached hydrogens (primary N) is 1. The Morgan fingerprint density at radius 3 is 2.80 bits per heavy atom. The van der Waals surface area contributed by atoms with Crippen LogP contribution >= 0.6 is 0 Å². The number of carbonyl (C=O) groups excluding carboxylic acids is 1. The summed E-state index contributed by atoms with van der Waals surface area (Å²) in [5.74, 6) is -0.607. The lowest BCUT2D eigenvalue weighted by Gasteiger charge is -2.48. The molecule has 15 heavy (non-hydrogen) atoms. The van der Waals surface area contributed by atoms with Crippen LogP contribution in [0, 0.1) is 5.92 Å². The number of hydrazone groups is 1. The minimum absolute atomic E-state index is 0.408. The summed E-state index contributed by atoms with van der Waals surface area (Å²) < 4.78 is 0. The summed E-state index contributed by atoms with van der Waals surface area (Å²) in [5.41, 5.74) is 4.42. The third kappa shape index (κ3) is 1.14. The number of aliphatic carboxylic acids is 1. The molecule has 0 aromatic rings. The molecule has 2 rings (SSSR count). The number of hydrogen-bond acceptors (Lipinski definition) is 3. The van der Waals surface area contributed by atoms with Crippen LogP contribution in [0.2, 0.25) is 0 Å². The first-order chi connectivity index (χ1) is 6.98. The van der Waals surface area contributed by atoms with Crippen molar-refractivity contribution in [1.82, 2.24) is 5.01 Å². The normalized spacial score (nSPS) is 33.8.